The van der Waals surface area contributed by atoms with Crippen molar-refractivity contribution in [2.45, 2.75) is 32.1 Å². The van der Waals surface area contributed by atoms with Gasteiger partial charge in [0.15, 0.2) is 0 Å². The number of carbonyl (C=O) groups excluding carboxylic acids is 1. The highest BCUT2D eigenvalue weighted by atomic mass is 32.2. The quantitative estimate of drug-likeness (QED) is 0.611. The van der Waals surface area contributed by atoms with Gasteiger partial charge in [-0.05, 0) is 49.4 Å². The van der Waals surface area contributed by atoms with Crippen molar-refractivity contribution in [1.82, 2.24) is 9.46 Å². The lowest BCUT2D eigenvalue weighted by Gasteiger charge is -2.34. The summed E-state index contributed by atoms with van der Waals surface area (Å²) in [6, 6.07) is 15.6. The van der Waals surface area contributed by atoms with Crippen molar-refractivity contribution < 1.29 is 17.7 Å². The van der Waals surface area contributed by atoms with Crippen LogP contribution in [-0.2, 0) is 10.0 Å². The second kappa shape index (κ2) is 8.88. The monoisotopic (exact) mass is 453 g/mol. The molecule has 0 unspecified atom stereocenters. The minimum Gasteiger partial charge on any atom is -0.360 e. The van der Waals surface area contributed by atoms with Gasteiger partial charge in [0.05, 0.1) is 4.90 Å². The fourth-order valence-electron chi connectivity index (χ4n) is 4.29. The number of nitrogens with one attached hydrogen (secondary N) is 1. The molecule has 8 heteroatoms. The Balaban J connectivity index is 1.53. The zero-order valence-corrected chi connectivity index (χ0v) is 19.2. The zero-order chi connectivity index (χ0) is 22.9. The smallest absolute Gasteiger partial charge is 0.261 e. The van der Waals surface area contributed by atoms with Crippen LogP contribution >= 0.6 is 0 Å². The van der Waals surface area contributed by atoms with E-state index in [-0.39, 0.29) is 10.8 Å². The Hall–Kier alpha value is -2.97. The van der Waals surface area contributed by atoms with Crippen LogP contribution in [-0.4, -0.2) is 36.9 Å². The first-order valence-corrected chi connectivity index (χ1v) is 12.1. The molecule has 1 fully saturated rings. The number of carbonyl (C=O) groups is 1. The van der Waals surface area contributed by atoms with Crippen LogP contribution in [0.1, 0.15) is 36.4 Å². The molecule has 1 amide bonds. The van der Waals surface area contributed by atoms with Gasteiger partial charge in [0.1, 0.15) is 17.0 Å². The third-order valence-corrected chi connectivity index (χ3v) is 7.57. The Bertz CT molecular complexity index is 1190. The van der Waals surface area contributed by atoms with Crippen molar-refractivity contribution in [2.24, 2.45) is 11.8 Å². The van der Waals surface area contributed by atoms with Crippen LogP contribution in [0.4, 0.5) is 5.69 Å². The number of hydrogen-bond donors (Lipinski definition) is 1. The van der Waals surface area contributed by atoms with Crippen molar-refractivity contribution in [1.29, 1.82) is 0 Å². The normalized spacial score (nSPS) is 19.6. The maximum absolute atomic E-state index is 13.1. The average molecular weight is 454 g/mol. The van der Waals surface area contributed by atoms with E-state index in [1.807, 2.05) is 30.3 Å². The maximum Gasteiger partial charge on any atom is 0.261 e. The molecule has 168 valence electrons. The van der Waals surface area contributed by atoms with Crippen LogP contribution in [0.2, 0.25) is 0 Å². The number of aryl methyl sites for hydroxylation is 1. The largest absolute Gasteiger partial charge is 0.360 e. The minimum atomic E-state index is -3.57. The molecule has 2 aromatic carbocycles. The van der Waals surface area contributed by atoms with Gasteiger partial charge in [-0.1, -0.05) is 49.3 Å². The summed E-state index contributed by atoms with van der Waals surface area (Å²) in [7, 11) is -3.57. The average Bonchev–Trinajstić information content (AvgIpc) is 3.15. The van der Waals surface area contributed by atoms with E-state index in [1.165, 1.54) is 12.1 Å². The zero-order valence-electron chi connectivity index (χ0n) is 18.4. The van der Waals surface area contributed by atoms with Gasteiger partial charge in [-0.2, -0.15) is 4.31 Å². The molecule has 0 bridgehead atoms. The molecule has 32 heavy (non-hydrogen) atoms. The highest BCUT2D eigenvalue weighted by molar-refractivity contribution is 7.89. The van der Waals surface area contributed by atoms with Crippen molar-refractivity contribution in [3.63, 3.8) is 0 Å². The van der Waals surface area contributed by atoms with Crippen molar-refractivity contribution in [2.75, 3.05) is 18.4 Å². The second-order valence-electron chi connectivity index (χ2n) is 8.57. The van der Waals surface area contributed by atoms with Crippen molar-refractivity contribution >= 4 is 21.6 Å². The summed E-state index contributed by atoms with van der Waals surface area (Å²) in [5.41, 5.74) is 2.09. The van der Waals surface area contributed by atoms with Gasteiger partial charge in [0.25, 0.3) is 5.91 Å². The molecular formula is C24H27N3O4S. The summed E-state index contributed by atoms with van der Waals surface area (Å²) < 4.78 is 32.9. The van der Waals surface area contributed by atoms with Crippen LogP contribution in [0.3, 0.4) is 0 Å². The molecule has 2 heterocycles. The number of benzene rings is 2. The predicted molar refractivity (Wildman–Crippen MR) is 123 cm³/mol. The lowest BCUT2D eigenvalue weighted by atomic mass is 9.94. The van der Waals surface area contributed by atoms with Crippen LogP contribution in [0, 0.1) is 18.8 Å². The number of aromatic nitrogens is 1. The standard InChI is InChI=1S/C24H27N3O4S/c1-16-13-17(2)15-27(14-16)32(29,30)21-11-9-20(10-12-21)25-24(28)22-18(3)31-26-23(22)19-7-5-4-6-8-19/h4-12,16-17H,13-15H2,1-3H3,(H,25,28)/t16-,17-/m0/s1. The Labute approximate surface area is 188 Å². The molecule has 4 rings (SSSR count). The summed E-state index contributed by atoms with van der Waals surface area (Å²) in [6.45, 7) is 6.89. The van der Waals surface area contributed by atoms with E-state index < -0.39 is 10.0 Å². The molecule has 1 N–H and O–H groups in total. The summed E-state index contributed by atoms with van der Waals surface area (Å²) >= 11 is 0. The van der Waals surface area contributed by atoms with E-state index in [2.05, 4.69) is 24.3 Å². The summed E-state index contributed by atoms with van der Waals surface area (Å²) in [5.74, 6) is 0.709. The lowest BCUT2D eigenvalue weighted by molar-refractivity contribution is 0.102. The molecule has 1 aliphatic heterocycles. The summed E-state index contributed by atoms with van der Waals surface area (Å²) in [6.07, 6.45) is 1.03. The third-order valence-electron chi connectivity index (χ3n) is 5.72. The Morgan fingerprint density at radius 2 is 1.66 bits per heavy atom. The Morgan fingerprint density at radius 3 is 2.28 bits per heavy atom. The van der Waals surface area contributed by atoms with E-state index in [4.69, 9.17) is 4.52 Å². The highest BCUT2D eigenvalue weighted by Gasteiger charge is 2.31. The van der Waals surface area contributed by atoms with Crippen LogP contribution in [0.25, 0.3) is 11.3 Å². The van der Waals surface area contributed by atoms with Gasteiger partial charge in [0, 0.05) is 24.3 Å². The van der Waals surface area contributed by atoms with E-state index in [1.54, 1.807) is 23.4 Å². The summed E-state index contributed by atoms with van der Waals surface area (Å²) in [4.78, 5) is 13.2. The number of anilines is 1. The first-order chi connectivity index (χ1) is 15.3. The van der Waals surface area contributed by atoms with E-state index in [0.29, 0.717) is 47.6 Å². The minimum absolute atomic E-state index is 0.225. The van der Waals surface area contributed by atoms with E-state index in [9.17, 15) is 13.2 Å². The van der Waals surface area contributed by atoms with Gasteiger partial charge in [-0.25, -0.2) is 8.42 Å². The van der Waals surface area contributed by atoms with Crippen molar-refractivity contribution in [3.05, 3.63) is 65.9 Å². The molecule has 1 aromatic heterocycles. The van der Waals surface area contributed by atoms with Gasteiger partial charge < -0.3 is 9.84 Å². The van der Waals surface area contributed by atoms with Gasteiger partial charge in [0.2, 0.25) is 10.0 Å². The molecule has 3 aromatic rings. The van der Waals surface area contributed by atoms with Crippen LogP contribution < -0.4 is 5.32 Å². The topological polar surface area (TPSA) is 92.5 Å². The number of nitrogens with zero attached hydrogens (tertiary/aromatic N) is 2. The fraction of sp³-hybridized carbons (Fsp3) is 0.333. The van der Waals surface area contributed by atoms with Gasteiger partial charge in [-0.15, -0.1) is 0 Å². The molecule has 0 spiro atoms. The molecule has 1 aliphatic rings. The lowest BCUT2D eigenvalue weighted by Crippen LogP contribution is -2.42. The number of amides is 1. The van der Waals surface area contributed by atoms with E-state index >= 15 is 0 Å². The molecule has 2 atom stereocenters. The molecule has 7 nitrogen and oxygen atoms in total. The highest BCUT2D eigenvalue weighted by Crippen LogP contribution is 2.28. The van der Waals surface area contributed by atoms with Gasteiger partial charge in [-0.3, -0.25) is 4.79 Å². The Kier molecular flexibility index (Phi) is 6.17. The van der Waals surface area contributed by atoms with Crippen LogP contribution in [0.5, 0.6) is 0 Å². The summed E-state index contributed by atoms with van der Waals surface area (Å²) in [5, 5.41) is 6.86. The number of rotatable bonds is 5. The first kappa shape index (κ1) is 22.2. The van der Waals surface area contributed by atoms with Gasteiger partial charge >= 0.3 is 0 Å². The first-order valence-electron chi connectivity index (χ1n) is 10.7. The molecule has 0 aliphatic carbocycles. The third kappa shape index (κ3) is 4.47. The number of hydrogen-bond acceptors (Lipinski definition) is 5. The number of piperidine rings is 1. The second-order valence-corrected chi connectivity index (χ2v) is 10.5. The predicted octanol–water partition coefficient (Wildman–Crippen LogP) is 4.57. The van der Waals surface area contributed by atoms with E-state index in [0.717, 1.165) is 12.0 Å². The van der Waals surface area contributed by atoms with Crippen molar-refractivity contribution in [3.8, 4) is 11.3 Å². The maximum atomic E-state index is 13.1. The Morgan fingerprint density at radius 1 is 1.03 bits per heavy atom. The number of sulfonamides is 1. The van der Waals surface area contributed by atoms with Crippen LogP contribution in [0.15, 0.2) is 64.0 Å². The molecule has 1 saturated heterocycles. The fourth-order valence-corrected chi connectivity index (χ4v) is 5.97. The molecular weight excluding hydrogens is 426 g/mol. The molecule has 0 saturated carbocycles. The SMILES string of the molecule is Cc1onc(-c2ccccc2)c1C(=O)Nc1ccc(S(=O)(=O)N2C[C@@H](C)C[C@H](C)C2)cc1. The molecule has 0 radical (unpaired) electrons.